The summed E-state index contributed by atoms with van der Waals surface area (Å²) in [4.78, 5) is 10.7. The molecule has 140 valence electrons. The first-order chi connectivity index (χ1) is 12.0. The molecule has 0 saturated heterocycles. The van der Waals surface area contributed by atoms with E-state index >= 15 is 0 Å². The van der Waals surface area contributed by atoms with Gasteiger partial charge in [-0.05, 0) is 36.4 Å². The number of alkyl halides is 3. The van der Waals surface area contributed by atoms with Crippen LogP contribution < -0.4 is 4.72 Å². The van der Waals surface area contributed by atoms with Crippen molar-refractivity contribution in [3.8, 4) is 0 Å². The van der Waals surface area contributed by atoms with Gasteiger partial charge in [0.1, 0.15) is 5.82 Å². The van der Waals surface area contributed by atoms with Crippen molar-refractivity contribution in [1.82, 2.24) is 0 Å². The number of carbonyl (C=O) groups is 1. The molecule has 2 aromatic carbocycles. The maximum atomic E-state index is 13.8. The molecule has 0 amide bonds. The van der Waals surface area contributed by atoms with E-state index in [2.05, 4.69) is 4.74 Å². The Morgan fingerprint density at radius 1 is 1.15 bits per heavy atom. The van der Waals surface area contributed by atoms with E-state index in [0.29, 0.717) is 6.07 Å². The molecule has 0 bridgehead atoms. The number of hydrogen-bond acceptors (Lipinski definition) is 4. The molecule has 11 heteroatoms. The highest BCUT2D eigenvalue weighted by molar-refractivity contribution is 7.92. The van der Waals surface area contributed by atoms with Crippen molar-refractivity contribution < 1.29 is 35.5 Å². The molecule has 0 aliphatic rings. The van der Waals surface area contributed by atoms with E-state index in [1.807, 2.05) is 0 Å². The van der Waals surface area contributed by atoms with Gasteiger partial charge in [-0.3, -0.25) is 4.72 Å². The third-order valence-corrected chi connectivity index (χ3v) is 4.88. The van der Waals surface area contributed by atoms with Crippen molar-refractivity contribution in [2.45, 2.75) is 11.1 Å². The molecule has 0 saturated carbocycles. The minimum absolute atomic E-state index is 0.154. The number of esters is 1. The number of nitrogens with one attached hydrogen (secondary N) is 1. The standard InChI is InChI=1S/C15H10ClF4NO4S/c1-25-14(22)8-2-5-12(17)13(6-8)21-26(23,24)9-3-4-11(16)10(7-9)15(18,19)20/h2-7,21H,1H3. The van der Waals surface area contributed by atoms with Crippen LogP contribution in [0.5, 0.6) is 0 Å². The molecule has 0 fully saturated rings. The van der Waals surface area contributed by atoms with E-state index in [1.165, 1.54) is 0 Å². The molecular weight excluding hydrogens is 402 g/mol. The number of ether oxygens (including phenoxy) is 1. The zero-order chi connectivity index (χ0) is 19.7. The van der Waals surface area contributed by atoms with Crippen LogP contribution in [0.1, 0.15) is 15.9 Å². The van der Waals surface area contributed by atoms with Crippen molar-refractivity contribution in [2.24, 2.45) is 0 Å². The zero-order valence-electron chi connectivity index (χ0n) is 12.9. The third-order valence-electron chi connectivity index (χ3n) is 3.19. The Kier molecular flexibility index (Phi) is 5.47. The Balaban J connectivity index is 2.46. The Labute approximate surface area is 150 Å². The van der Waals surface area contributed by atoms with E-state index in [-0.39, 0.29) is 5.56 Å². The van der Waals surface area contributed by atoms with Crippen molar-refractivity contribution in [3.05, 3.63) is 58.4 Å². The van der Waals surface area contributed by atoms with Crippen molar-refractivity contribution in [1.29, 1.82) is 0 Å². The first kappa shape index (κ1) is 20.0. The van der Waals surface area contributed by atoms with Gasteiger partial charge in [0.05, 0.1) is 33.8 Å². The summed E-state index contributed by atoms with van der Waals surface area (Å²) in [7, 11) is -3.51. The summed E-state index contributed by atoms with van der Waals surface area (Å²) < 4.78 is 83.3. The summed E-state index contributed by atoms with van der Waals surface area (Å²) in [6.07, 6.45) is -4.88. The van der Waals surface area contributed by atoms with E-state index < -0.39 is 49.2 Å². The fourth-order valence-electron chi connectivity index (χ4n) is 1.94. The second-order valence-electron chi connectivity index (χ2n) is 4.93. The predicted molar refractivity (Wildman–Crippen MR) is 85.0 cm³/mol. The van der Waals surface area contributed by atoms with Crippen LogP contribution in [-0.4, -0.2) is 21.5 Å². The summed E-state index contributed by atoms with van der Waals surface area (Å²) in [6, 6.07) is 4.66. The highest BCUT2D eigenvalue weighted by atomic mass is 35.5. The van der Waals surface area contributed by atoms with Crippen molar-refractivity contribution in [2.75, 3.05) is 11.8 Å². The smallest absolute Gasteiger partial charge is 0.417 e. The summed E-state index contributed by atoms with van der Waals surface area (Å²) >= 11 is 5.44. The number of carbonyl (C=O) groups excluding carboxylic acids is 1. The first-order valence-corrected chi connectivity index (χ1v) is 8.59. The molecule has 0 aromatic heterocycles. The number of anilines is 1. The van der Waals surface area contributed by atoms with Gasteiger partial charge in [-0.1, -0.05) is 11.6 Å². The Bertz CT molecular complexity index is 961. The van der Waals surface area contributed by atoms with Gasteiger partial charge in [-0.15, -0.1) is 0 Å². The molecule has 0 unspecified atom stereocenters. The van der Waals surface area contributed by atoms with Gasteiger partial charge in [0.15, 0.2) is 0 Å². The lowest BCUT2D eigenvalue weighted by molar-refractivity contribution is -0.137. The van der Waals surface area contributed by atoms with E-state index in [1.54, 1.807) is 4.72 Å². The average Bonchev–Trinajstić information content (AvgIpc) is 2.55. The van der Waals surface area contributed by atoms with Crippen LogP contribution >= 0.6 is 11.6 Å². The van der Waals surface area contributed by atoms with Crippen molar-refractivity contribution >= 4 is 33.3 Å². The maximum absolute atomic E-state index is 13.8. The average molecular weight is 412 g/mol. The van der Waals surface area contributed by atoms with Gasteiger partial charge in [-0.25, -0.2) is 17.6 Å². The largest absolute Gasteiger partial charge is 0.465 e. The molecule has 0 aliphatic heterocycles. The number of methoxy groups -OCH3 is 1. The molecule has 1 N–H and O–H groups in total. The molecular formula is C15H10ClF4NO4S. The second-order valence-corrected chi connectivity index (χ2v) is 7.02. The van der Waals surface area contributed by atoms with Crippen LogP contribution in [0.25, 0.3) is 0 Å². The molecule has 5 nitrogen and oxygen atoms in total. The molecule has 2 aromatic rings. The fraction of sp³-hybridized carbons (Fsp3) is 0.133. The predicted octanol–water partition coefficient (Wildman–Crippen LogP) is 4.09. The van der Waals surface area contributed by atoms with Crippen LogP contribution in [0.2, 0.25) is 5.02 Å². The Morgan fingerprint density at radius 2 is 1.81 bits per heavy atom. The highest BCUT2D eigenvalue weighted by Crippen LogP contribution is 2.36. The molecule has 0 heterocycles. The third kappa shape index (κ3) is 4.25. The number of benzene rings is 2. The summed E-state index contributed by atoms with van der Waals surface area (Å²) in [6.45, 7) is 0. The van der Waals surface area contributed by atoms with Gasteiger partial charge in [0.2, 0.25) is 0 Å². The van der Waals surface area contributed by atoms with Gasteiger partial charge < -0.3 is 4.74 Å². The molecule has 0 spiro atoms. The summed E-state index contributed by atoms with van der Waals surface area (Å²) in [5.41, 5.74) is -2.14. The second kappa shape index (κ2) is 7.12. The van der Waals surface area contributed by atoms with Crippen LogP contribution in [0.3, 0.4) is 0 Å². The molecule has 26 heavy (non-hydrogen) atoms. The van der Waals surface area contributed by atoms with E-state index in [0.717, 1.165) is 37.4 Å². The lowest BCUT2D eigenvalue weighted by atomic mass is 10.2. The fourth-order valence-corrected chi connectivity index (χ4v) is 3.25. The molecule has 0 atom stereocenters. The van der Waals surface area contributed by atoms with Crippen molar-refractivity contribution in [3.63, 3.8) is 0 Å². The van der Waals surface area contributed by atoms with E-state index in [9.17, 15) is 30.8 Å². The maximum Gasteiger partial charge on any atom is 0.417 e. The van der Waals surface area contributed by atoms with Gasteiger partial charge in [0.25, 0.3) is 10.0 Å². The lowest BCUT2D eigenvalue weighted by Gasteiger charge is -2.13. The topological polar surface area (TPSA) is 72.5 Å². The highest BCUT2D eigenvalue weighted by Gasteiger charge is 2.34. The summed E-state index contributed by atoms with van der Waals surface area (Å²) in [5, 5.41) is -0.685. The van der Waals surface area contributed by atoms with Gasteiger partial charge in [-0.2, -0.15) is 13.2 Å². The molecule has 2 rings (SSSR count). The monoisotopic (exact) mass is 411 g/mol. The first-order valence-electron chi connectivity index (χ1n) is 6.73. The van der Waals surface area contributed by atoms with Crippen LogP contribution in [0.15, 0.2) is 41.3 Å². The minimum atomic E-state index is -4.88. The number of hydrogen-bond donors (Lipinski definition) is 1. The van der Waals surface area contributed by atoms with Gasteiger partial charge >= 0.3 is 12.1 Å². The van der Waals surface area contributed by atoms with Crippen LogP contribution in [0, 0.1) is 5.82 Å². The Hall–Kier alpha value is -2.33. The number of halogens is 5. The SMILES string of the molecule is COC(=O)c1ccc(F)c(NS(=O)(=O)c2ccc(Cl)c(C(F)(F)F)c2)c1. The molecule has 0 aliphatic carbocycles. The quantitative estimate of drug-likeness (QED) is 0.607. The number of sulfonamides is 1. The minimum Gasteiger partial charge on any atom is -0.465 e. The van der Waals surface area contributed by atoms with Crippen LogP contribution in [-0.2, 0) is 20.9 Å². The number of rotatable bonds is 4. The van der Waals surface area contributed by atoms with Gasteiger partial charge in [0, 0.05) is 0 Å². The normalized spacial score (nSPS) is 11.9. The lowest BCUT2D eigenvalue weighted by Crippen LogP contribution is -2.16. The zero-order valence-corrected chi connectivity index (χ0v) is 14.5. The van der Waals surface area contributed by atoms with E-state index in [4.69, 9.17) is 11.6 Å². The summed E-state index contributed by atoms with van der Waals surface area (Å²) in [5.74, 6) is -1.89. The molecule has 0 radical (unpaired) electrons. The Morgan fingerprint density at radius 3 is 2.38 bits per heavy atom. The van der Waals surface area contributed by atoms with Crippen LogP contribution in [0.4, 0.5) is 23.2 Å².